The van der Waals surface area contributed by atoms with Crippen LogP contribution in [0.2, 0.25) is 0 Å². The van der Waals surface area contributed by atoms with E-state index in [0.717, 1.165) is 38.2 Å². The molecule has 2 heterocycles. The molecule has 0 radical (unpaired) electrons. The van der Waals surface area contributed by atoms with E-state index in [1.54, 1.807) is 0 Å². The van der Waals surface area contributed by atoms with Crippen LogP contribution in [0.3, 0.4) is 0 Å². The normalized spacial score (nSPS) is 11.7. The zero-order chi connectivity index (χ0) is 42.8. The minimum atomic E-state index is 0.111. The molecule has 2 aromatic heterocycles. The van der Waals surface area contributed by atoms with Crippen molar-refractivity contribution in [2.24, 2.45) is 0 Å². The molecule has 4 heteroatoms. The summed E-state index contributed by atoms with van der Waals surface area (Å²) in [6.45, 7) is 0. The van der Waals surface area contributed by atoms with Crippen LogP contribution in [0.15, 0.2) is 224 Å². The molecule has 0 N–H and O–H groups in total. The van der Waals surface area contributed by atoms with Crippen LogP contribution >= 0.6 is 0 Å². The SMILES string of the molecule is c1ccc(-c2nc(-c3ccccc3)nc(-c3c4ccccc4c(-c4ccc5[se]c6c(-c7c8ccccc8c(-c8ccccc8)c8ccccc78)cccc6c5c4)c4ccccc34)n2)cc1. The minimum absolute atomic E-state index is 0.111. The van der Waals surface area contributed by atoms with Crippen molar-refractivity contribution in [1.29, 1.82) is 0 Å². The second kappa shape index (κ2) is 15.4. The van der Waals surface area contributed by atoms with Gasteiger partial charge >= 0.3 is 323 Å². The third-order valence-corrected chi connectivity index (χ3v) is 15.5. The summed E-state index contributed by atoms with van der Waals surface area (Å²) >= 11 is 0.111. The Balaban J connectivity index is 1.03. The van der Waals surface area contributed by atoms with Gasteiger partial charge in [0.25, 0.3) is 0 Å². The number of fused-ring (bicyclic) bond motifs is 7. The van der Waals surface area contributed by atoms with Crippen molar-refractivity contribution in [3.8, 4) is 67.5 Å². The fourth-order valence-electron chi connectivity index (χ4n) is 10.1. The molecule has 3 nitrogen and oxygen atoms in total. The van der Waals surface area contributed by atoms with Crippen LogP contribution in [0.4, 0.5) is 0 Å². The van der Waals surface area contributed by atoms with Gasteiger partial charge in [-0.2, -0.15) is 0 Å². The molecule has 302 valence electrons. The van der Waals surface area contributed by atoms with E-state index in [-0.39, 0.29) is 14.5 Å². The van der Waals surface area contributed by atoms with Gasteiger partial charge in [0.1, 0.15) is 0 Å². The summed E-state index contributed by atoms with van der Waals surface area (Å²) in [5.41, 5.74) is 10.5. The van der Waals surface area contributed by atoms with Gasteiger partial charge in [-0.1, -0.05) is 60.7 Å². The van der Waals surface area contributed by atoms with Crippen molar-refractivity contribution in [2.45, 2.75) is 0 Å². The van der Waals surface area contributed by atoms with Crippen LogP contribution in [-0.2, 0) is 0 Å². The predicted octanol–water partition coefficient (Wildman–Crippen LogP) is 15.8. The Morgan fingerprint density at radius 3 is 1.12 bits per heavy atom. The van der Waals surface area contributed by atoms with Crippen molar-refractivity contribution in [2.75, 3.05) is 0 Å². The summed E-state index contributed by atoms with van der Waals surface area (Å²) in [6, 6.07) is 81.0. The molecule has 0 bridgehead atoms. The fourth-order valence-corrected chi connectivity index (χ4v) is 12.6. The van der Waals surface area contributed by atoms with Crippen molar-refractivity contribution >= 4 is 76.9 Å². The molecular formula is C61H37N3Se. The summed E-state index contributed by atoms with van der Waals surface area (Å²) in [5.74, 6) is 1.96. The Bertz CT molecular complexity index is 3820. The molecule has 0 aliphatic heterocycles. The molecule has 0 saturated carbocycles. The van der Waals surface area contributed by atoms with Gasteiger partial charge in [0.05, 0.1) is 0 Å². The van der Waals surface area contributed by atoms with E-state index in [1.165, 1.54) is 74.2 Å². The average Bonchev–Trinajstić information content (AvgIpc) is 3.76. The van der Waals surface area contributed by atoms with Crippen LogP contribution in [0.25, 0.3) is 130 Å². The van der Waals surface area contributed by atoms with E-state index in [0.29, 0.717) is 17.5 Å². The van der Waals surface area contributed by atoms with Gasteiger partial charge in [-0.15, -0.1) is 0 Å². The van der Waals surface area contributed by atoms with Crippen molar-refractivity contribution in [3.05, 3.63) is 224 Å². The number of hydrogen-bond acceptors (Lipinski definition) is 3. The summed E-state index contributed by atoms with van der Waals surface area (Å²) in [6.07, 6.45) is 0. The molecule has 13 aromatic rings. The average molecular weight is 891 g/mol. The molecule has 0 aliphatic carbocycles. The predicted molar refractivity (Wildman–Crippen MR) is 274 cm³/mol. The second-order valence-electron chi connectivity index (χ2n) is 16.6. The Morgan fingerprint density at radius 2 is 0.631 bits per heavy atom. The van der Waals surface area contributed by atoms with Crippen LogP contribution < -0.4 is 0 Å². The van der Waals surface area contributed by atoms with Gasteiger partial charge in [0.15, 0.2) is 0 Å². The number of benzene rings is 11. The minimum Gasteiger partial charge on any atom is -0.0615 e. The monoisotopic (exact) mass is 891 g/mol. The maximum Gasteiger partial charge on any atom is -0.0512 e. The Labute approximate surface area is 381 Å². The first-order chi connectivity index (χ1) is 32.3. The summed E-state index contributed by atoms with van der Waals surface area (Å²) in [5, 5.41) is 12.3. The maximum absolute atomic E-state index is 5.25. The molecule has 0 amide bonds. The standard InChI is InChI=1S/C61H37N3Se/c1-4-19-38(20-5-1)54-42-25-10-14-29-46(42)56(47-30-15-11-26-43(47)54)51-34-18-33-50-52-37-41(35-36-53(52)65-58(50)51)55-44-27-12-16-31-48(44)57(49-32-17-13-28-45(49)55)61-63-59(39-21-6-2-7-22-39)62-60(64-61)40-23-8-3-9-24-40/h1-37H. The maximum atomic E-state index is 5.25. The molecule has 0 aliphatic rings. The number of nitrogens with zero attached hydrogens (tertiary/aromatic N) is 3. The quantitative estimate of drug-likeness (QED) is 0.123. The molecule has 13 rings (SSSR count). The molecule has 0 unspecified atom stereocenters. The van der Waals surface area contributed by atoms with Gasteiger partial charge in [-0.3, -0.25) is 0 Å². The van der Waals surface area contributed by atoms with E-state index in [1.807, 2.05) is 36.4 Å². The molecule has 65 heavy (non-hydrogen) atoms. The van der Waals surface area contributed by atoms with Crippen LogP contribution in [-0.4, -0.2) is 29.5 Å². The van der Waals surface area contributed by atoms with E-state index in [4.69, 9.17) is 15.0 Å². The number of rotatable bonds is 6. The number of aromatic nitrogens is 3. The fraction of sp³-hybridized carbons (Fsp3) is 0. The van der Waals surface area contributed by atoms with Gasteiger partial charge in [0.2, 0.25) is 0 Å². The number of hydrogen-bond donors (Lipinski definition) is 0. The molecule has 0 fully saturated rings. The Kier molecular flexibility index (Phi) is 8.87. The van der Waals surface area contributed by atoms with Crippen LogP contribution in [0.5, 0.6) is 0 Å². The first kappa shape index (κ1) is 37.5. The smallest absolute Gasteiger partial charge is 0.0512 e. The first-order valence-corrected chi connectivity index (χ1v) is 23.7. The van der Waals surface area contributed by atoms with Gasteiger partial charge in [0, 0.05) is 0 Å². The van der Waals surface area contributed by atoms with Crippen molar-refractivity contribution in [3.63, 3.8) is 0 Å². The topological polar surface area (TPSA) is 38.7 Å². The van der Waals surface area contributed by atoms with E-state index >= 15 is 0 Å². The zero-order valence-electron chi connectivity index (χ0n) is 35.1. The van der Waals surface area contributed by atoms with Crippen molar-refractivity contribution < 1.29 is 0 Å². The first-order valence-electron chi connectivity index (χ1n) is 22.0. The zero-order valence-corrected chi connectivity index (χ0v) is 36.8. The summed E-state index contributed by atoms with van der Waals surface area (Å²) in [7, 11) is 0. The molecule has 11 aromatic carbocycles. The van der Waals surface area contributed by atoms with E-state index in [2.05, 4.69) is 188 Å². The molecule has 0 atom stereocenters. The molecule has 0 saturated heterocycles. The van der Waals surface area contributed by atoms with E-state index in [9.17, 15) is 0 Å². The third-order valence-electron chi connectivity index (χ3n) is 12.9. The Morgan fingerprint density at radius 1 is 0.246 bits per heavy atom. The van der Waals surface area contributed by atoms with Gasteiger partial charge in [-0.25, -0.2) is 0 Å². The molecular weight excluding hydrogens is 854 g/mol. The van der Waals surface area contributed by atoms with Gasteiger partial charge in [-0.05, 0) is 0 Å². The molecule has 0 spiro atoms. The second-order valence-corrected chi connectivity index (χ2v) is 18.8. The van der Waals surface area contributed by atoms with Crippen LogP contribution in [0.1, 0.15) is 0 Å². The third kappa shape index (κ3) is 6.14. The largest absolute Gasteiger partial charge is 0.0615 e. The summed E-state index contributed by atoms with van der Waals surface area (Å²) < 4.78 is 2.86. The van der Waals surface area contributed by atoms with Gasteiger partial charge < -0.3 is 0 Å². The van der Waals surface area contributed by atoms with Crippen LogP contribution in [0, 0.1) is 0 Å². The van der Waals surface area contributed by atoms with Crippen molar-refractivity contribution in [1.82, 2.24) is 15.0 Å². The van der Waals surface area contributed by atoms with E-state index < -0.39 is 0 Å². The summed E-state index contributed by atoms with van der Waals surface area (Å²) in [4.78, 5) is 15.5. The Hall–Kier alpha value is -8.01.